The van der Waals surface area contributed by atoms with Gasteiger partial charge in [0.1, 0.15) is 5.78 Å². The molecule has 0 amide bonds. The number of hydrogen-bond acceptors (Lipinski definition) is 3. The van der Waals surface area contributed by atoms with Gasteiger partial charge < -0.3 is 0 Å². The molecule has 4 heteroatoms. The molecule has 3 nitrogen and oxygen atoms in total. The number of carbonyl (C=O) groups excluding carboxylic acids is 1. The number of ketones is 1. The lowest BCUT2D eigenvalue weighted by Crippen LogP contribution is -2.50. The van der Waals surface area contributed by atoms with Crippen LogP contribution in [0.25, 0.3) is 0 Å². The highest BCUT2D eigenvalue weighted by molar-refractivity contribution is 7.94. The van der Waals surface area contributed by atoms with Crippen molar-refractivity contribution in [1.29, 1.82) is 0 Å². The molecule has 0 spiro atoms. The second kappa shape index (κ2) is 5.94. The Hall–Kier alpha value is -1.12. The Morgan fingerprint density at radius 1 is 1.15 bits per heavy atom. The predicted molar refractivity (Wildman–Crippen MR) is 103 cm³/mol. The molecule has 142 valence electrons. The van der Waals surface area contributed by atoms with E-state index >= 15 is 0 Å². The monoisotopic (exact) mass is 374 g/mol. The van der Waals surface area contributed by atoms with Gasteiger partial charge in [-0.1, -0.05) is 32.1 Å². The Morgan fingerprint density at radius 2 is 1.85 bits per heavy atom. The SMILES string of the molecule is C=C=CS(=O)(=O)[C@H]1CC[C@@]2(C)C(=CC[C@@H]3[C@@H]2CC[C@]2(C)C(=O)CC[C@@H]32)C1. The topological polar surface area (TPSA) is 51.2 Å². The summed E-state index contributed by atoms with van der Waals surface area (Å²) in [6.45, 7) is 8.00. The molecule has 6 atom stereocenters. The first-order chi connectivity index (χ1) is 12.2. The van der Waals surface area contributed by atoms with E-state index in [1.807, 2.05) is 0 Å². The summed E-state index contributed by atoms with van der Waals surface area (Å²) in [6, 6.07) is 0. The summed E-state index contributed by atoms with van der Waals surface area (Å²) in [5.41, 5.74) is 3.81. The highest BCUT2D eigenvalue weighted by Gasteiger charge is 2.58. The summed E-state index contributed by atoms with van der Waals surface area (Å²) in [5.74, 6) is 2.20. The minimum atomic E-state index is -3.26. The van der Waals surface area contributed by atoms with Crippen LogP contribution in [0.1, 0.15) is 65.2 Å². The van der Waals surface area contributed by atoms with Crippen LogP contribution in [0.15, 0.2) is 29.4 Å². The molecule has 0 aromatic heterocycles. The number of carbonyl (C=O) groups is 1. The Kier molecular flexibility index (Phi) is 4.17. The van der Waals surface area contributed by atoms with Crippen LogP contribution in [0.3, 0.4) is 0 Å². The fourth-order valence-corrected chi connectivity index (χ4v) is 8.17. The van der Waals surface area contributed by atoms with Gasteiger partial charge in [-0.15, -0.1) is 5.73 Å². The van der Waals surface area contributed by atoms with E-state index < -0.39 is 9.84 Å². The number of hydrogen-bond donors (Lipinski definition) is 0. The molecule has 0 heterocycles. The average Bonchev–Trinajstić information content (AvgIpc) is 2.89. The maximum absolute atomic E-state index is 12.5. The highest BCUT2D eigenvalue weighted by Crippen LogP contribution is 2.64. The van der Waals surface area contributed by atoms with E-state index in [1.165, 1.54) is 5.57 Å². The Balaban J connectivity index is 1.64. The maximum Gasteiger partial charge on any atom is 0.181 e. The van der Waals surface area contributed by atoms with Gasteiger partial charge in [0.2, 0.25) is 0 Å². The zero-order valence-corrected chi connectivity index (χ0v) is 16.8. The minimum Gasteiger partial charge on any atom is -0.299 e. The van der Waals surface area contributed by atoms with E-state index in [0.29, 0.717) is 30.0 Å². The molecule has 0 aromatic carbocycles. The summed E-state index contributed by atoms with van der Waals surface area (Å²) in [7, 11) is -3.26. The molecule has 0 bridgehead atoms. The van der Waals surface area contributed by atoms with E-state index in [4.69, 9.17) is 0 Å². The van der Waals surface area contributed by atoms with Crippen molar-refractivity contribution in [3.8, 4) is 0 Å². The Bertz CT molecular complexity index is 816. The van der Waals surface area contributed by atoms with E-state index in [2.05, 4.69) is 32.2 Å². The molecule has 26 heavy (non-hydrogen) atoms. The van der Waals surface area contributed by atoms with Crippen molar-refractivity contribution >= 4 is 15.6 Å². The van der Waals surface area contributed by atoms with Gasteiger partial charge in [-0.2, -0.15) is 0 Å². The lowest BCUT2D eigenvalue weighted by atomic mass is 9.48. The first-order valence-corrected chi connectivity index (χ1v) is 11.7. The van der Waals surface area contributed by atoms with Crippen molar-refractivity contribution < 1.29 is 13.2 Å². The number of Topliss-reactive ketones (excluding diaryl/α,β-unsaturated/α-hetero) is 1. The van der Waals surface area contributed by atoms with Crippen LogP contribution in [-0.4, -0.2) is 19.5 Å². The molecule has 0 N–H and O–H groups in total. The van der Waals surface area contributed by atoms with Crippen molar-refractivity contribution in [2.24, 2.45) is 28.6 Å². The molecule has 4 rings (SSSR count). The molecular weight excluding hydrogens is 344 g/mol. The van der Waals surface area contributed by atoms with Gasteiger partial charge in [0.15, 0.2) is 9.84 Å². The number of sulfone groups is 1. The lowest BCUT2D eigenvalue weighted by Gasteiger charge is -2.56. The van der Waals surface area contributed by atoms with Crippen LogP contribution < -0.4 is 0 Å². The average molecular weight is 375 g/mol. The van der Waals surface area contributed by atoms with Gasteiger partial charge >= 0.3 is 0 Å². The van der Waals surface area contributed by atoms with Crippen molar-refractivity contribution in [2.75, 3.05) is 0 Å². The number of fused-ring (bicyclic) bond motifs is 5. The largest absolute Gasteiger partial charge is 0.299 e. The van der Waals surface area contributed by atoms with Crippen LogP contribution in [-0.2, 0) is 14.6 Å². The van der Waals surface area contributed by atoms with Gasteiger partial charge in [0.05, 0.1) is 10.7 Å². The first-order valence-electron chi connectivity index (χ1n) is 10.0. The van der Waals surface area contributed by atoms with Crippen molar-refractivity contribution in [2.45, 2.75) is 70.5 Å². The van der Waals surface area contributed by atoms with Crippen LogP contribution in [0.4, 0.5) is 0 Å². The number of allylic oxidation sites excluding steroid dienone is 2. The molecule has 4 aliphatic rings. The second-order valence-electron chi connectivity index (χ2n) is 9.45. The standard InChI is InChI=1S/C22H30O3S/c1-4-13-26(24,25)16-9-11-21(2)15(14-16)5-6-17-18-7-8-20(23)22(18,3)12-10-19(17)21/h5,13,16-19H,1,6-12,14H2,2-3H3/t16-,17-,18-,19-,21-,22-/m0/s1. The smallest absolute Gasteiger partial charge is 0.181 e. The minimum absolute atomic E-state index is 0.0990. The first kappa shape index (κ1) is 18.3. The van der Waals surface area contributed by atoms with Crippen LogP contribution in [0.5, 0.6) is 0 Å². The molecular formula is C22H30O3S. The molecule has 0 saturated heterocycles. The second-order valence-corrected chi connectivity index (χ2v) is 11.5. The van der Waals surface area contributed by atoms with Gasteiger partial charge in [-0.05, 0) is 68.1 Å². The van der Waals surface area contributed by atoms with Crippen LogP contribution in [0.2, 0.25) is 0 Å². The van der Waals surface area contributed by atoms with Gasteiger partial charge in [0.25, 0.3) is 0 Å². The zero-order chi connectivity index (χ0) is 18.7. The van der Waals surface area contributed by atoms with E-state index in [0.717, 1.165) is 50.4 Å². The van der Waals surface area contributed by atoms with Gasteiger partial charge in [0, 0.05) is 11.8 Å². The molecule has 0 unspecified atom stereocenters. The predicted octanol–water partition coefficient (Wildman–Crippen LogP) is 4.60. The summed E-state index contributed by atoms with van der Waals surface area (Å²) in [5, 5.41) is 0.831. The maximum atomic E-state index is 12.5. The molecule has 3 fully saturated rings. The van der Waals surface area contributed by atoms with Crippen LogP contribution >= 0.6 is 0 Å². The van der Waals surface area contributed by atoms with E-state index in [-0.39, 0.29) is 16.1 Å². The third-order valence-electron chi connectivity index (χ3n) is 8.48. The molecule has 0 radical (unpaired) electrons. The summed E-state index contributed by atoms with van der Waals surface area (Å²) < 4.78 is 24.9. The number of rotatable bonds is 2. The Labute approximate surface area is 157 Å². The molecule has 4 aliphatic carbocycles. The third-order valence-corrected chi connectivity index (χ3v) is 10.3. The van der Waals surface area contributed by atoms with Gasteiger partial charge in [-0.3, -0.25) is 4.79 Å². The third kappa shape index (κ3) is 2.45. The zero-order valence-electron chi connectivity index (χ0n) is 16.0. The van der Waals surface area contributed by atoms with Crippen LogP contribution in [0, 0.1) is 28.6 Å². The van der Waals surface area contributed by atoms with Gasteiger partial charge in [-0.25, -0.2) is 8.42 Å². The normalized spacial score (nSPS) is 45.0. The van der Waals surface area contributed by atoms with E-state index in [9.17, 15) is 13.2 Å². The van der Waals surface area contributed by atoms with E-state index in [1.54, 1.807) is 0 Å². The fourth-order valence-electron chi connectivity index (χ4n) is 6.89. The summed E-state index contributed by atoms with van der Waals surface area (Å²) in [4.78, 5) is 12.5. The highest BCUT2D eigenvalue weighted by atomic mass is 32.2. The molecule has 0 aromatic rings. The Morgan fingerprint density at radius 3 is 2.58 bits per heavy atom. The van der Waals surface area contributed by atoms with Crippen molar-refractivity contribution in [1.82, 2.24) is 0 Å². The van der Waals surface area contributed by atoms with Crippen molar-refractivity contribution in [3.63, 3.8) is 0 Å². The van der Waals surface area contributed by atoms with Crippen molar-refractivity contribution in [3.05, 3.63) is 29.4 Å². The fraction of sp³-hybridized carbons (Fsp3) is 0.727. The summed E-state index contributed by atoms with van der Waals surface area (Å²) >= 11 is 0. The quantitative estimate of drug-likeness (QED) is 0.524. The lowest BCUT2D eigenvalue weighted by molar-refractivity contribution is -0.131. The molecule has 3 saturated carbocycles. The summed E-state index contributed by atoms with van der Waals surface area (Å²) in [6.07, 6.45) is 9.61. The molecule has 0 aliphatic heterocycles.